The van der Waals surface area contributed by atoms with Crippen LogP contribution in [0.4, 0.5) is 14.5 Å². The van der Waals surface area contributed by atoms with Gasteiger partial charge in [-0.05, 0) is 24.3 Å². The molecule has 0 radical (unpaired) electrons. The van der Waals surface area contributed by atoms with E-state index in [0.29, 0.717) is 5.75 Å². The van der Waals surface area contributed by atoms with E-state index >= 15 is 0 Å². The fourth-order valence-corrected chi connectivity index (χ4v) is 1.89. The van der Waals surface area contributed by atoms with E-state index in [1.807, 2.05) is 12.1 Å². The Labute approximate surface area is 106 Å². The van der Waals surface area contributed by atoms with Crippen LogP contribution in [-0.4, -0.2) is 38.7 Å². The molecule has 18 heavy (non-hydrogen) atoms. The van der Waals surface area contributed by atoms with Crippen LogP contribution in [0.5, 0.6) is 5.75 Å². The molecule has 3 nitrogen and oxygen atoms in total. The zero-order valence-electron chi connectivity index (χ0n) is 10.5. The number of halogens is 2. The summed E-state index contributed by atoms with van der Waals surface area (Å²) in [5, 5.41) is 3.28. The van der Waals surface area contributed by atoms with Crippen LogP contribution in [0.3, 0.4) is 0 Å². The first kappa shape index (κ1) is 13.1. The molecule has 1 aliphatic heterocycles. The summed E-state index contributed by atoms with van der Waals surface area (Å²) < 4.78 is 30.3. The third kappa shape index (κ3) is 3.84. The molecule has 1 aromatic carbocycles. The Morgan fingerprint density at radius 2 is 1.83 bits per heavy atom. The van der Waals surface area contributed by atoms with E-state index in [-0.39, 0.29) is 0 Å². The molecule has 0 aromatic heterocycles. The number of rotatable bonds is 4. The Bertz CT molecular complexity index is 370. The minimum absolute atomic E-state index is 0.482. The molecular formula is C13H18F2N2O. The van der Waals surface area contributed by atoms with E-state index < -0.39 is 12.5 Å². The zero-order valence-corrected chi connectivity index (χ0v) is 10.5. The number of ether oxygens (including phenoxy) is 1. The Hall–Kier alpha value is -1.36. The molecule has 1 aromatic rings. The van der Waals surface area contributed by atoms with Crippen LogP contribution in [0, 0.1) is 0 Å². The third-order valence-corrected chi connectivity index (χ3v) is 2.81. The molecule has 2 rings (SSSR count). The lowest BCUT2D eigenvalue weighted by Crippen LogP contribution is -2.43. The van der Waals surface area contributed by atoms with Crippen molar-refractivity contribution in [1.82, 2.24) is 5.32 Å². The van der Waals surface area contributed by atoms with Crippen LogP contribution in [0.15, 0.2) is 24.3 Å². The highest BCUT2D eigenvalue weighted by Gasteiger charge is 2.22. The van der Waals surface area contributed by atoms with Gasteiger partial charge in [0.05, 0.1) is 0 Å². The number of anilines is 1. The molecule has 1 saturated heterocycles. The number of hydrogen-bond acceptors (Lipinski definition) is 3. The molecule has 0 aliphatic carbocycles. The molecule has 5 heteroatoms. The van der Waals surface area contributed by atoms with Gasteiger partial charge < -0.3 is 15.0 Å². The molecule has 1 heterocycles. The van der Waals surface area contributed by atoms with Crippen molar-refractivity contribution in [3.05, 3.63) is 24.3 Å². The first-order chi connectivity index (χ1) is 8.54. The fraction of sp³-hybridized carbons (Fsp3) is 0.538. The van der Waals surface area contributed by atoms with Crippen molar-refractivity contribution >= 4 is 5.69 Å². The lowest BCUT2D eigenvalue weighted by Gasteiger charge is -2.29. The average Bonchev–Trinajstić information content (AvgIpc) is 2.37. The van der Waals surface area contributed by atoms with Gasteiger partial charge in [0, 0.05) is 38.8 Å². The Morgan fingerprint density at radius 1 is 1.22 bits per heavy atom. The maximum Gasteiger partial charge on any atom is 0.278 e. The highest BCUT2D eigenvalue weighted by Crippen LogP contribution is 2.21. The topological polar surface area (TPSA) is 24.5 Å². The second kappa shape index (κ2) is 5.52. The maximum atomic E-state index is 12.6. The SMILES string of the molecule is CC(F)(F)COc1ccc(N2CCNCC2)cc1. The smallest absolute Gasteiger partial charge is 0.278 e. The van der Waals surface area contributed by atoms with E-state index in [2.05, 4.69) is 10.2 Å². The minimum Gasteiger partial charge on any atom is -0.487 e. The number of nitrogens with zero attached hydrogens (tertiary/aromatic N) is 1. The lowest BCUT2D eigenvalue weighted by molar-refractivity contribution is -0.0229. The van der Waals surface area contributed by atoms with E-state index in [1.54, 1.807) is 12.1 Å². The number of nitrogens with one attached hydrogen (secondary N) is 1. The van der Waals surface area contributed by atoms with E-state index in [0.717, 1.165) is 38.8 Å². The van der Waals surface area contributed by atoms with Gasteiger partial charge >= 0.3 is 0 Å². The van der Waals surface area contributed by atoms with E-state index in [9.17, 15) is 8.78 Å². The predicted molar refractivity (Wildman–Crippen MR) is 67.6 cm³/mol. The largest absolute Gasteiger partial charge is 0.487 e. The Morgan fingerprint density at radius 3 is 2.39 bits per heavy atom. The van der Waals surface area contributed by atoms with Crippen LogP contribution in [0.1, 0.15) is 6.92 Å². The molecule has 100 valence electrons. The van der Waals surface area contributed by atoms with Crippen LogP contribution in [0.25, 0.3) is 0 Å². The monoisotopic (exact) mass is 256 g/mol. The van der Waals surface area contributed by atoms with Gasteiger partial charge in [-0.2, -0.15) is 0 Å². The third-order valence-electron chi connectivity index (χ3n) is 2.81. The predicted octanol–water partition coefficient (Wildman–Crippen LogP) is 2.13. The summed E-state index contributed by atoms with van der Waals surface area (Å²) in [4.78, 5) is 2.26. The van der Waals surface area contributed by atoms with Gasteiger partial charge in [-0.15, -0.1) is 0 Å². The molecule has 0 saturated carbocycles. The van der Waals surface area contributed by atoms with Gasteiger partial charge in [-0.25, -0.2) is 8.78 Å². The van der Waals surface area contributed by atoms with Gasteiger partial charge in [0.25, 0.3) is 5.92 Å². The second-order valence-corrected chi connectivity index (χ2v) is 4.59. The lowest BCUT2D eigenvalue weighted by atomic mass is 10.2. The average molecular weight is 256 g/mol. The molecule has 0 unspecified atom stereocenters. The van der Waals surface area contributed by atoms with Gasteiger partial charge in [0.1, 0.15) is 5.75 Å². The summed E-state index contributed by atoms with van der Waals surface area (Å²) in [7, 11) is 0. The van der Waals surface area contributed by atoms with Gasteiger partial charge in [-0.1, -0.05) is 0 Å². The molecular weight excluding hydrogens is 238 g/mol. The molecule has 1 fully saturated rings. The molecule has 1 aliphatic rings. The molecule has 0 atom stereocenters. The standard InChI is InChI=1S/C13H18F2N2O/c1-13(14,15)10-18-12-4-2-11(3-5-12)17-8-6-16-7-9-17/h2-5,16H,6-10H2,1H3. The van der Waals surface area contributed by atoms with Crippen LogP contribution in [0.2, 0.25) is 0 Å². The minimum atomic E-state index is -2.79. The van der Waals surface area contributed by atoms with Crippen molar-refractivity contribution in [1.29, 1.82) is 0 Å². The first-order valence-corrected chi connectivity index (χ1v) is 6.11. The maximum absolute atomic E-state index is 12.6. The fourth-order valence-electron chi connectivity index (χ4n) is 1.89. The van der Waals surface area contributed by atoms with Gasteiger partial charge in [-0.3, -0.25) is 0 Å². The summed E-state index contributed by atoms with van der Waals surface area (Å²) in [6, 6.07) is 7.30. The molecule has 1 N–H and O–H groups in total. The first-order valence-electron chi connectivity index (χ1n) is 6.11. The highest BCUT2D eigenvalue weighted by atomic mass is 19.3. The highest BCUT2D eigenvalue weighted by molar-refractivity contribution is 5.49. The van der Waals surface area contributed by atoms with Crippen LogP contribution < -0.4 is 15.0 Å². The number of piperazine rings is 1. The Balaban J connectivity index is 1.92. The van der Waals surface area contributed by atoms with Crippen molar-refractivity contribution in [3.8, 4) is 5.75 Å². The normalized spacial score (nSPS) is 16.7. The van der Waals surface area contributed by atoms with Crippen LogP contribution >= 0.6 is 0 Å². The zero-order chi connectivity index (χ0) is 13.0. The Kier molecular flexibility index (Phi) is 4.01. The van der Waals surface area contributed by atoms with Crippen molar-refractivity contribution < 1.29 is 13.5 Å². The van der Waals surface area contributed by atoms with Crippen molar-refractivity contribution in [2.45, 2.75) is 12.8 Å². The number of alkyl halides is 2. The van der Waals surface area contributed by atoms with Crippen molar-refractivity contribution in [2.24, 2.45) is 0 Å². The summed E-state index contributed by atoms with van der Waals surface area (Å²) >= 11 is 0. The molecule has 0 spiro atoms. The van der Waals surface area contributed by atoms with Crippen molar-refractivity contribution in [2.75, 3.05) is 37.7 Å². The molecule has 0 amide bonds. The van der Waals surface area contributed by atoms with E-state index in [4.69, 9.17) is 4.74 Å². The summed E-state index contributed by atoms with van der Waals surface area (Å²) in [6.07, 6.45) is 0. The van der Waals surface area contributed by atoms with Crippen molar-refractivity contribution in [3.63, 3.8) is 0 Å². The summed E-state index contributed by atoms with van der Waals surface area (Å²) in [5.74, 6) is -2.31. The van der Waals surface area contributed by atoms with Gasteiger partial charge in [0.15, 0.2) is 6.61 Å². The van der Waals surface area contributed by atoms with Gasteiger partial charge in [0.2, 0.25) is 0 Å². The quantitative estimate of drug-likeness (QED) is 0.893. The second-order valence-electron chi connectivity index (χ2n) is 4.59. The van der Waals surface area contributed by atoms with E-state index in [1.165, 1.54) is 0 Å². The molecule has 0 bridgehead atoms. The summed E-state index contributed by atoms with van der Waals surface area (Å²) in [5.41, 5.74) is 1.10. The summed E-state index contributed by atoms with van der Waals surface area (Å²) in [6.45, 7) is 4.14. The van der Waals surface area contributed by atoms with Crippen LogP contribution in [-0.2, 0) is 0 Å². The number of hydrogen-bond donors (Lipinski definition) is 1. The number of benzene rings is 1.